The van der Waals surface area contributed by atoms with E-state index in [1.807, 2.05) is 7.05 Å². The van der Waals surface area contributed by atoms with Gasteiger partial charge in [-0.15, -0.1) is 0 Å². The fourth-order valence-electron chi connectivity index (χ4n) is 4.45. The van der Waals surface area contributed by atoms with Crippen LogP contribution in [0, 0.1) is 0 Å². The van der Waals surface area contributed by atoms with E-state index in [2.05, 4.69) is 20.0 Å². The third kappa shape index (κ3) is 4.31. The lowest BCUT2D eigenvalue weighted by atomic mass is 9.96. The molecule has 1 aliphatic carbocycles. The fourth-order valence-corrected chi connectivity index (χ4v) is 5.08. The minimum absolute atomic E-state index is 0.0984. The Kier molecular flexibility index (Phi) is 5.88. The molecule has 1 amide bonds. The van der Waals surface area contributed by atoms with Gasteiger partial charge in [0.05, 0.1) is 22.2 Å². The van der Waals surface area contributed by atoms with Gasteiger partial charge in [0.15, 0.2) is 15.5 Å². The zero-order valence-corrected chi connectivity index (χ0v) is 20.1. The number of carbonyl (C=O) groups excluding carboxylic acids is 1. The van der Waals surface area contributed by atoms with Crippen molar-refractivity contribution in [1.82, 2.24) is 24.6 Å². The summed E-state index contributed by atoms with van der Waals surface area (Å²) in [7, 11) is -1.26. The van der Waals surface area contributed by atoms with Gasteiger partial charge in [-0.3, -0.25) is 0 Å². The van der Waals surface area contributed by atoms with E-state index < -0.39 is 9.84 Å². The highest BCUT2D eigenvalue weighted by Gasteiger charge is 2.30. The molecule has 34 heavy (non-hydrogen) atoms. The standard InChI is InChI=1S/C23H28N6O4S/c1-27(16-10-12-28(13-11-16)23(30)33-18-4-3-5-18)21-20-14-26-29(22(20)25-15-24-21)17-6-8-19(9-7-17)34(2,31)32/h6-9,14-16,18H,3-5,10-13H2,1-2H3. The Morgan fingerprint density at radius 3 is 2.41 bits per heavy atom. The van der Waals surface area contributed by atoms with Crippen molar-refractivity contribution in [2.24, 2.45) is 0 Å². The zero-order valence-electron chi connectivity index (χ0n) is 19.3. The Balaban J connectivity index is 1.31. The molecule has 2 aliphatic rings. The van der Waals surface area contributed by atoms with E-state index in [0.29, 0.717) is 24.4 Å². The van der Waals surface area contributed by atoms with E-state index in [1.165, 1.54) is 12.6 Å². The Hall–Kier alpha value is -3.21. The van der Waals surface area contributed by atoms with Crippen molar-refractivity contribution >= 4 is 32.8 Å². The normalized spacial score (nSPS) is 17.5. The first-order valence-electron chi connectivity index (χ1n) is 11.5. The number of likely N-dealkylation sites (tertiary alicyclic amines) is 1. The van der Waals surface area contributed by atoms with Gasteiger partial charge in [0.2, 0.25) is 0 Å². The van der Waals surface area contributed by atoms with Crippen LogP contribution in [-0.4, -0.2) is 77.7 Å². The number of benzene rings is 1. The Bertz CT molecular complexity index is 1290. The van der Waals surface area contributed by atoms with Crippen molar-refractivity contribution in [3.63, 3.8) is 0 Å². The SMILES string of the molecule is CN(c1ncnc2c1cnn2-c1ccc(S(C)(=O)=O)cc1)C1CCN(C(=O)OC2CCC2)CC1. The molecule has 0 atom stereocenters. The molecule has 1 aliphatic heterocycles. The number of sulfone groups is 1. The maximum atomic E-state index is 12.4. The molecule has 2 aromatic heterocycles. The van der Waals surface area contributed by atoms with Crippen molar-refractivity contribution in [3.8, 4) is 5.69 Å². The number of rotatable bonds is 5. The molecule has 0 N–H and O–H groups in total. The van der Waals surface area contributed by atoms with E-state index >= 15 is 0 Å². The summed E-state index contributed by atoms with van der Waals surface area (Å²) in [6.45, 7) is 1.31. The Morgan fingerprint density at radius 1 is 1.09 bits per heavy atom. The van der Waals surface area contributed by atoms with Crippen LogP contribution in [0.15, 0.2) is 41.7 Å². The lowest BCUT2D eigenvalue weighted by molar-refractivity contribution is 0.0226. The van der Waals surface area contributed by atoms with Crippen LogP contribution in [0.2, 0.25) is 0 Å². The first-order valence-corrected chi connectivity index (χ1v) is 13.4. The summed E-state index contributed by atoms with van der Waals surface area (Å²) in [4.78, 5) is 25.5. The van der Waals surface area contributed by atoms with E-state index in [4.69, 9.17) is 4.74 Å². The zero-order chi connectivity index (χ0) is 23.9. The van der Waals surface area contributed by atoms with Gasteiger partial charge in [-0.05, 0) is 56.4 Å². The molecule has 0 bridgehead atoms. The summed E-state index contributed by atoms with van der Waals surface area (Å²) < 4.78 is 30.7. The fraction of sp³-hybridized carbons (Fsp3) is 0.478. The van der Waals surface area contributed by atoms with Crippen molar-refractivity contribution in [2.75, 3.05) is 31.3 Å². The van der Waals surface area contributed by atoms with Crippen LogP contribution < -0.4 is 4.90 Å². The number of hydrogen-bond donors (Lipinski definition) is 0. The predicted octanol–water partition coefficient (Wildman–Crippen LogP) is 2.81. The Morgan fingerprint density at radius 2 is 1.79 bits per heavy atom. The van der Waals surface area contributed by atoms with Crippen LogP contribution in [0.5, 0.6) is 0 Å². The summed E-state index contributed by atoms with van der Waals surface area (Å²) in [6.07, 6.45) is 9.07. The molecule has 0 radical (unpaired) electrons. The van der Waals surface area contributed by atoms with E-state index in [-0.39, 0.29) is 23.1 Å². The highest BCUT2D eigenvalue weighted by Crippen LogP contribution is 2.29. The second kappa shape index (κ2) is 8.86. The number of amides is 1. The molecule has 0 spiro atoms. The van der Waals surface area contributed by atoms with Crippen molar-refractivity contribution in [2.45, 2.75) is 49.1 Å². The largest absolute Gasteiger partial charge is 0.446 e. The maximum absolute atomic E-state index is 12.4. The molecular formula is C23H28N6O4S. The molecule has 10 nitrogen and oxygen atoms in total. The minimum Gasteiger partial charge on any atom is -0.446 e. The number of fused-ring (bicyclic) bond motifs is 1. The molecule has 11 heteroatoms. The van der Waals surface area contributed by atoms with E-state index in [0.717, 1.165) is 43.3 Å². The Labute approximate surface area is 198 Å². The highest BCUT2D eigenvalue weighted by molar-refractivity contribution is 7.90. The number of piperidine rings is 1. The average molecular weight is 485 g/mol. The third-order valence-corrected chi connectivity index (χ3v) is 7.91. The van der Waals surface area contributed by atoms with Gasteiger partial charge in [-0.1, -0.05) is 0 Å². The van der Waals surface area contributed by atoms with Gasteiger partial charge in [0.25, 0.3) is 0 Å². The van der Waals surface area contributed by atoms with Gasteiger partial charge in [-0.25, -0.2) is 27.9 Å². The third-order valence-electron chi connectivity index (χ3n) is 6.78. The summed E-state index contributed by atoms with van der Waals surface area (Å²) in [5, 5.41) is 5.30. The topological polar surface area (TPSA) is 111 Å². The quantitative estimate of drug-likeness (QED) is 0.544. The molecule has 3 aromatic rings. The van der Waals surface area contributed by atoms with Crippen LogP contribution in [0.4, 0.5) is 10.6 Å². The number of nitrogens with zero attached hydrogens (tertiary/aromatic N) is 6. The minimum atomic E-state index is -3.27. The van der Waals surface area contributed by atoms with Crippen molar-refractivity contribution in [3.05, 3.63) is 36.8 Å². The maximum Gasteiger partial charge on any atom is 0.410 e. The molecule has 0 unspecified atom stereocenters. The summed E-state index contributed by atoms with van der Waals surface area (Å²) in [5.41, 5.74) is 1.36. The van der Waals surface area contributed by atoms with Gasteiger partial charge in [0, 0.05) is 32.4 Å². The number of anilines is 1. The van der Waals surface area contributed by atoms with Crippen LogP contribution in [0.3, 0.4) is 0 Å². The highest BCUT2D eigenvalue weighted by atomic mass is 32.2. The van der Waals surface area contributed by atoms with Crippen LogP contribution in [0.25, 0.3) is 16.7 Å². The first kappa shape index (κ1) is 22.6. The predicted molar refractivity (Wildman–Crippen MR) is 127 cm³/mol. The van der Waals surface area contributed by atoms with E-state index in [9.17, 15) is 13.2 Å². The number of hydrogen-bond acceptors (Lipinski definition) is 8. The number of ether oxygens (including phenoxy) is 1. The molecule has 180 valence electrons. The molecular weight excluding hydrogens is 456 g/mol. The lowest BCUT2D eigenvalue weighted by Gasteiger charge is -2.38. The van der Waals surface area contributed by atoms with Crippen LogP contribution >= 0.6 is 0 Å². The van der Waals surface area contributed by atoms with Crippen LogP contribution in [-0.2, 0) is 14.6 Å². The molecule has 1 saturated carbocycles. The molecule has 1 saturated heterocycles. The van der Waals surface area contributed by atoms with Crippen molar-refractivity contribution in [1.29, 1.82) is 0 Å². The lowest BCUT2D eigenvalue weighted by Crippen LogP contribution is -2.47. The average Bonchev–Trinajstić information content (AvgIpc) is 3.25. The monoisotopic (exact) mass is 484 g/mol. The summed E-state index contributed by atoms with van der Waals surface area (Å²) in [6, 6.07) is 6.79. The van der Waals surface area contributed by atoms with Crippen molar-refractivity contribution < 1.29 is 17.9 Å². The molecule has 1 aromatic carbocycles. The van der Waals surface area contributed by atoms with Crippen LogP contribution in [0.1, 0.15) is 32.1 Å². The number of aromatic nitrogens is 4. The number of carbonyl (C=O) groups is 1. The summed E-state index contributed by atoms with van der Waals surface area (Å²) >= 11 is 0. The molecule has 2 fully saturated rings. The van der Waals surface area contributed by atoms with E-state index in [1.54, 1.807) is 40.0 Å². The second-order valence-electron chi connectivity index (χ2n) is 9.02. The molecule has 3 heterocycles. The van der Waals surface area contributed by atoms with Gasteiger partial charge in [0.1, 0.15) is 18.2 Å². The second-order valence-corrected chi connectivity index (χ2v) is 11.0. The van der Waals surface area contributed by atoms with Gasteiger partial charge >= 0.3 is 6.09 Å². The smallest absolute Gasteiger partial charge is 0.410 e. The first-order chi connectivity index (χ1) is 16.3. The van der Waals surface area contributed by atoms with Gasteiger partial charge in [-0.2, -0.15) is 5.10 Å². The molecule has 5 rings (SSSR count). The summed E-state index contributed by atoms with van der Waals surface area (Å²) in [5.74, 6) is 0.777. The van der Waals surface area contributed by atoms with Gasteiger partial charge < -0.3 is 14.5 Å².